The van der Waals surface area contributed by atoms with E-state index in [0.29, 0.717) is 16.7 Å². The van der Waals surface area contributed by atoms with Crippen molar-refractivity contribution in [2.24, 2.45) is 5.92 Å². The second kappa shape index (κ2) is 7.13. The fourth-order valence-corrected chi connectivity index (χ4v) is 3.52. The molecule has 4 rings (SSSR count). The molecule has 1 aliphatic rings. The molecule has 0 aliphatic heterocycles. The quantitative estimate of drug-likeness (QED) is 0.643. The number of hydrogen-bond donors (Lipinski definition) is 2. The third kappa shape index (κ3) is 3.27. The predicted molar refractivity (Wildman–Crippen MR) is 104 cm³/mol. The largest absolute Gasteiger partial charge is 0.493 e. The van der Waals surface area contributed by atoms with Crippen molar-refractivity contribution in [3.63, 3.8) is 0 Å². The third-order valence-corrected chi connectivity index (χ3v) is 5.23. The first-order valence-corrected chi connectivity index (χ1v) is 9.20. The minimum Gasteiger partial charge on any atom is -0.493 e. The van der Waals surface area contributed by atoms with E-state index >= 15 is 0 Å². The van der Waals surface area contributed by atoms with Gasteiger partial charge in [0.1, 0.15) is 11.2 Å². The Morgan fingerprint density at radius 1 is 1.21 bits per heavy atom. The Hall–Kier alpha value is -3.12. The minimum absolute atomic E-state index is 0.0239. The Bertz CT molecular complexity index is 1070. The van der Waals surface area contributed by atoms with Crippen molar-refractivity contribution in [3.8, 4) is 5.75 Å². The Morgan fingerprint density at radius 3 is 2.64 bits per heavy atom. The SMILES string of the molecule is COc1cccc2cc(C(=O)NCC(O)(c3ccccc3)C3CC3)c(=O)oc12. The smallest absolute Gasteiger partial charge is 0.349 e. The molecule has 1 atom stereocenters. The van der Waals surface area contributed by atoms with Crippen LogP contribution in [0.5, 0.6) is 5.75 Å². The minimum atomic E-state index is -1.16. The van der Waals surface area contributed by atoms with E-state index in [4.69, 9.17) is 9.15 Å². The fraction of sp³-hybridized carbons (Fsp3) is 0.273. The van der Waals surface area contributed by atoms with Crippen molar-refractivity contribution in [2.45, 2.75) is 18.4 Å². The summed E-state index contributed by atoms with van der Waals surface area (Å²) in [6.45, 7) is 0.0239. The van der Waals surface area contributed by atoms with Crippen LogP contribution in [0.1, 0.15) is 28.8 Å². The number of methoxy groups -OCH3 is 1. The zero-order valence-electron chi connectivity index (χ0n) is 15.5. The van der Waals surface area contributed by atoms with E-state index in [0.717, 1.165) is 18.4 Å². The average molecular weight is 379 g/mol. The van der Waals surface area contributed by atoms with E-state index in [1.165, 1.54) is 13.2 Å². The van der Waals surface area contributed by atoms with E-state index in [1.807, 2.05) is 30.3 Å². The van der Waals surface area contributed by atoms with E-state index in [9.17, 15) is 14.7 Å². The maximum absolute atomic E-state index is 12.7. The van der Waals surface area contributed by atoms with Crippen molar-refractivity contribution >= 4 is 16.9 Å². The number of aliphatic hydroxyl groups is 1. The van der Waals surface area contributed by atoms with Crippen LogP contribution in [0, 0.1) is 5.92 Å². The van der Waals surface area contributed by atoms with E-state index in [1.54, 1.807) is 18.2 Å². The fourth-order valence-electron chi connectivity index (χ4n) is 3.52. The van der Waals surface area contributed by atoms with Crippen LogP contribution in [-0.2, 0) is 5.60 Å². The Balaban J connectivity index is 1.60. The van der Waals surface area contributed by atoms with Gasteiger partial charge in [-0.15, -0.1) is 0 Å². The van der Waals surface area contributed by atoms with Crippen molar-refractivity contribution in [1.29, 1.82) is 0 Å². The van der Waals surface area contributed by atoms with Crippen LogP contribution in [0.15, 0.2) is 63.8 Å². The highest BCUT2D eigenvalue weighted by Crippen LogP contribution is 2.45. The van der Waals surface area contributed by atoms with E-state index in [2.05, 4.69) is 5.32 Å². The van der Waals surface area contributed by atoms with Crippen LogP contribution in [0.3, 0.4) is 0 Å². The summed E-state index contributed by atoms with van der Waals surface area (Å²) in [6.07, 6.45) is 1.80. The number of carbonyl (C=O) groups is 1. The molecule has 144 valence electrons. The molecular weight excluding hydrogens is 358 g/mol. The Morgan fingerprint density at radius 2 is 1.96 bits per heavy atom. The maximum Gasteiger partial charge on any atom is 0.349 e. The van der Waals surface area contributed by atoms with Crippen molar-refractivity contribution in [3.05, 3.63) is 76.1 Å². The van der Waals surface area contributed by atoms with Gasteiger partial charge >= 0.3 is 5.63 Å². The van der Waals surface area contributed by atoms with Crippen LogP contribution in [0.25, 0.3) is 11.0 Å². The summed E-state index contributed by atoms with van der Waals surface area (Å²) in [5.41, 5.74) is -0.952. The van der Waals surface area contributed by atoms with Crippen LogP contribution in [-0.4, -0.2) is 24.7 Å². The molecular formula is C22H21NO5. The highest BCUT2D eigenvalue weighted by Gasteiger charge is 2.45. The van der Waals surface area contributed by atoms with Gasteiger partial charge in [0.15, 0.2) is 11.3 Å². The normalized spacial score (nSPS) is 15.8. The van der Waals surface area contributed by atoms with Crippen molar-refractivity contribution < 1.29 is 19.1 Å². The van der Waals surface area contributed by atoms with Gasteiger partial charge in [-0.25, -0.2) is 4.79 Å². The Labute approximate surface area is 161 Å². The first-order chi connectivity index (χ1) is 13.5. The number of benzene rings is 2. The highest BCUT2D eigenvalue weighted by molar-refractivity contribution is 5.97. The standard InChI is InChI=1S/C22H21NO5/c1-27-18-9-5-6-14-12-17(21(25)28-19(14)18)20(24)23-13-22(26,16-10-11-16)15-7-3-2-4-8-15/h2-9,12,16,26H,10-11,13H2,1H3,(H,23,24). The lowest BCUT2D eigenvalue weighted by molar-refractivity contribution is 0.0134. The van der Waals surface area contributed by atoms with Crippen LogP contribution < -0.4 is 15.7 Å². The number of carbonyl (C=O) groups excluding carboxylic acids is 1. The second-order valence-corrected chi connectivity index (χ2v) is 7.07. The van der Waals surface area contributed by atoms with Crippen molar-refractivity contribution in [1.82, 2.24) is 5.32 Å². The summed E-state index contributed by atoms with van der Waals surface area (Å²) in [4.78, 5) is 25.0. The molecule has 1 aromatic heterocycles. The zero-order chi connectivity index (χ0) is 19.7. The number of nitrogens with one attached hydrogen (secondary N) is 1. The molecule has 6 nitrogen and oxygen atoms in total. The van der Waals surface area contributed by atoms with Crippen LogP contribution in [0.4, 0.5) is 0 Å². The highest BCUT2D eigenvalue weighted by atomic mass is 16.5. The predicted octanol–water partition coefficient (Wildman–Crippen LogP) is 2.83. The summed E-state index contributed by atoms with van der Waals surface area (Å²) in [5, 5.41) is 14.5. The molecule has 3 aromatic rings. The molecule has 6 heteroatoms. The molecule has 2 aromatic carbocycles. The third-order valence-electron chi connectivity index (χ3n) is 5.23. The summed E-state index contributed by atoms with van der Waals surface area (Å²) in [6, 6.07) is 15.9. The number of amides is 1. The number of fused-ring (bicyclic) bond motifs is 1. The molecule has 2 N–H and O–H groups in total. The van der Waals surface area contributed by atoms with Gasteiger partial charge in [0.2, 0.25) is 0 Å². The Kier molecular flexibility index (Phi) is 4.65. The summed E-state index contributed by atoms with van der Waals surface area (Å²) < 4.78 is 10.5. The van der Waals surface area contributed by atoms with E-state index in [-0.39, 0.29) is 18.0 Å². The molecule has 1 aliphatic carbocycles. The number of hydrogen-bond acceptors (Lipinski definition) is 5. The molecule has 0 spiro atoms. The first kappa shape index (κ1) is 18.3. The van der Waals surface area contributed by atoms with Gasteiger partial charge in [0.05, 0.1) is 13.7 Å². The summed E-state index contributed by atoms with van der Waals surface area (Å²) in [5.74, 6) is -0.0605. The maximum atomic E-state index is 12.7. The molecule has 1 unspecified atom stereocenters. The van der Waals surface area contributed by atoms with E-state index < -0.39 is 17.1 Å². The molecule has 1 saturated carbocycles. The van der Waals surface area contributed by atoms with Gasteiger partial charge in [-0.3, -0.25) is 4.79 Å². The van der Waals surface area contributed by atoms with Gasteiger partial charge in [0.25, 0.3) is 5.91 Å². The average Bonchev–Trinajstić information content (AvgIpc) is 3.57. The van der Waals surface area contributed by atoms with Gasteiger partial charge in [-0.05, 0) is 36.5 Å². The zero-order valence-corrected chi connectivity index (χ0v) is 15.5. The topological polar surface area (TPSA) is 88.8 Å². The van der Waals surface area contributed by atoms with Gasteiger partial charge in [-0.1, -0.05) is 42.5 Å². The summed E-state index contributed by atoms with van der Waals surface area (Å²) in [7, 11) is 1.48. The lowest BCUT2D eigenvalue weighted by atomic mass is 9.88. The molecule has 0 bridgehead atoms. The first-order valence-electron chi connectivity index (χ1n) is 9.20. The molecule has 1 fully saturated rings. The molecule has 1 amide bonds. The number of rotatable bonds is 6. The van der Waals surface area contributed by atoms with Gasteiger partial charge < -0.3 is 19.6 Å². The van der Waals surface area contributed by atoms with Crippen molar-refractivity contribution in [2.75, 3.05) is 13.7 Å². The monoisotopic (exact) mass is 379 g/mol. The van der Waals surface area contributed by atoms with Crippen LogP contribution >= 0.6 is 0 Å². The lowest BCUT2D eigenvalue weighted by Gasteiger charge is -2.29. The summed E-state index contributed by atoms with van der Waals surface area (Å²) >= 11 is 0. The second-order valence-electron chi connectivity index (χ2n) is 7.07. The number of para-hydroxylation sites is 1. The molecule has 0 saturated heterocycles. The molecule has 1 heterocycles. The van der Waals surface area contributed by atoms with Gasteiger partial charge in [-0.2, -0.15) is 0 Å². The molecule has 28 heavy (non-hydrogen) atoms. The molecule has 0 radical (unpaired) electrons. The lowest BCUT2D eigenvalue weighted by Crippen LogP contribution is -2.43. The number of ether oxygens (including phenoxy) is 1. The van der Waals surface area contributed by atoms with Gasteiger partial charge in [0, 0.05) is 5.39 Å². The van der Waals surface area contributed by atoms with Crippen LogP contribution in [0.2, 0.25) is 0 Å².